The molecule has 1 aliphatic rings. The molecule has 150 valence electrons. The first-order valence-electron chi connectivity index (χ1n) is 9.43. The zero-order valence-corrected chi connectivity index (χ0v) is 16.9. The molecule has 7 heteroatoms. The second-order valence-electron chi connectivity index (χ2n) is 7.33. The Labute approximate surface area is 166 Å². The summed E-state index contributed by atoms with van der Waals surface area (Å²) < 4.78 is 27.5. The molecule has 2 N–H and O–H groups in total. The average molecular weight is 403 g/mol. The summed E-state index contributed by atoms with van der Waals surface area (Å²) in [5.41, 5.74) is 1.82. The Kier molecular flexibility index (Phi) is 6.05. The van der Waals surface area contributed by atoms with Crippen LogP contribution in [0.15, 0.2) is 53.4 Å². The Morgan fingerprint density at radius 3 is 2.25 bits per heavy atom. The standard InChI is InChI=1S/C21H26N2O4S/c1-15-7-13-18(14-8-15)28(26,27)22-17-11-9-16(10-12-17)21(25)23(2)19-5-3-4-6-20(19)24/h7-14,19-20,22,24H,3-6H2,1-2H3/t19-,20-/m1/s1. The lowest BCUT2D eigenvalue weighted by atomic mass is 9.91. The molecule has 0 aromatic heterocycles. The predicted molar refractivity (Wildman–Crippen MR) is 109 cm³/mol. The van der Waals surface area contributed by atoms with Crippen LogP contribution in [0.1, 0.15) is 41.6 Å². The number of sulfonamides is 1. The second kappa shape index (κ2) is 8.32. The fraction of sp³-hybridized carbons (Fsp3) is 0.381. The van der Waals surface area contributed by atoms with Crippen LogP contribution in [0.2, 0.25) is 0 Å². The molecule has 2 aromatic carbocycles. The quantitative estimate of drug-likeness (QED) is 0.804. The molecule has 0 heterocycles. The third-order valence-corrected chi connectivity index (χ3v) is 6.62. The van der Waals surface area contributed by atoms with Crippen molar-refractivity contribution in [1.82, 2.24) is 4.90 Å². The first-order chi connectivity index (χ1) is 13.3. The van der Waals surface area contributed by atoms with Crippen LogP contribution in [0, 0.1) is 6.92 Å². The molecule has 0 saturated heterocycles. The first-order valence-corrected chi connectivity index (χ1v) is 10.9. The number of aliphatic hydroxyl groups is 1. The summed E-state index contributed by atoms with van der Waals surface area (Å²) in [5, 5.41) is 10.2. The van der Waals surface area contributed by atoms with Crippen LogP contribution in [0.3, 0.4) is 0 Å². The highest BCUT2D eigenvalue weighted by Gasteiger charge is 2.29. The lowest BCUT2D eigenvalue weighted by Gasteiger charge is -2.35. The Balaban J connectivity index is 1.70. The Morgan fingerprint density at radius 1 is 1.04 bits per heavy atom. The van der Waals surface area contributed by atoms with Crippen LogP contribution in [-0.2, 0) is 10.0 Å². The molecule has 1 saturated carbocycles. The van der Waals surface area contributed by atoms with Gasteiger partial charge >= 0.3 is 0 Å². The van der Waals surface area contributed by atoms with E-state index < -0.39 is 16.1 Å². The van der Waals surface area contributed by atoms with Crippen molar-refractivity contribution >= 4 is 21.6 Å². The summed E-state index contributed by atoms with van der Waals surface area (Å²) in [7, 11) is -1.98. The molecule has 1 aliphatic carbocycles. The van der Waals surface area contributed by atoms with Gasteiger partial charge in [0.1, 0.15) is 0 Å². The van der Waals surface area contributed by atoms with Crippen molar-refractivity contribution in [3.8, 4) is 0 Å². The summed E-state index contributed by atoms with van der Waals surface area (Å²) >= 11 is 0. The predicted octanol–water partition coefficient (Wildman–Crippen LogP) is 3.17. The number of carbonyl (C=O) groups is 1. The van der Waals surface area contributed by atoms with E-state index in [2.05, 4.69) is 4.72 Å². The SMILES string of the molecule is Cc1ccc(S(=O)(=O)Nc2ccc(C(=O)N(C)[C@@H]3CCCC[C@H]3O)cc2)cc1. The van der Waals surface area contributed by atoms with Gasteiger partial charge in [-0.25, -0.2) is 8.42 Å². The Bertz CT molecular complexity index is 924. The second-order valence-corrected chi connectivity index (χ2v) is 9.01. The number of carbonyl (C=O) groups excluding carboxylic acids is 1. The van der Waals surface area contributed by atoms with Gasteiger partial charge < -0.3 is 10.0 Å². The van der Waals surface area contributed by atoms with Gasteiger partial charge in [-0.2, -0.15) is 0 Å². The number of hydrogen-bond acceptors (Lipinski definition) is 4. The minimum atomic E-state index is -3.68. The van der Waals surface area contributed by atoms with Gasteiger partial charge in [-0.1, -0.05) is 30.5 Å². The molecule has 0 bridgehead atoms. The van der Waals surface area contributed by atoms with Crippen molar-refractivity contribution in [2.45, 2.75) is 49.6 Å². The number of aryl methyl sites for hydroxylation is 1. The molecule has 0 unspecified atom stereocenters. The number of amides is 1. The monoisotopic (exact) mass is 402 g/mol. The van der Waals surface area contributed by atoms with E-state index in [-0.39, 0.29) is 16.8 Å². The summed E-state index contributed by atoms with van der Waals surface area (Å²) in [6.07, 6.45) is 2.98. The Morgan fingerprint density at radius 2 is 1.64 bits per heavy atom. The molecule has 2 atom stereocenters. The number of anilines is 1. The van der Waals surface area contributed by atoms with E-state index >= 15 is 0 Å². The number of benzene rings is 2. The van der Waals surface area contributed by atoms with Gasteiger partial charge in [0.05, 0.1) is 17.0 Å². The summed E-state index contributed by atoms with van der Waals surface area (Å²) in [6, 6.07) is 12.8. The van der Waals surface area contributed by atoms with Gasteiger partial charge in [0.15, 0.2) is 0 Å². The molecule has 3 rings (SSSR count). The molecular weight excluding hydrogens is 376 g/mol. The molecule has 0 aliphatic heterocycles. The highest BCUT2D eigenvalue weighted by molar-refractivity contribution is 7.92. The molecule has 6 nitrogen and oxygen atoms in total. The van der Waals surface area contributed by atoms with Crippen LogP contribution in [-0.4, -0.2) is 43.5 Å². The molecule has 0 spiro atoms. The third kappa shape index (κ3) is 4.54. The number of aliphatic hydroxyl groups excluding tert-OH is 1. The summed E-state index contributed by atoms with van der Waals surface area (Å²) in [4.78, 5) is 14.5. The molecule has 1 amide bonds. The van der Waals surface area contributed by atoms with Crippen molar-refractivity contribution < 1.29 is 18.3 Å². The lowest BCUT2D eigenvalue weighted by molar-refractivity contribution is 0.0268. The summed E-state index contributed by atoms with van der Waals surface area (Å²) in [6.45, 7) is 1.89. The van der Waals surface area contributed by atoms with Crippen LogP contribution in [0.4, 0.5) is 5.69 Å². The van der Waals surface area contributed by atoms with Crippen molar-refractivity contribution in [3.63, 3.8) is 0 Å². The highest BCUT2D eigenvalue weighted by Crippen LogP contribution is 2.24. The van der Waals surface area contributed by atoms with E-state index in [1.807, 2.05) is 6.92 Å². The van der Waals surface area contributed by atoms with Gasteiger partial charge in [0.2, 0.25) is 0 Å². The molecule has 0 radical (unpaired) electrons. The molecular formula is C21H26N2O4S. The van der Waals surface area contributed by atoms with Crippen LogP contribution in [0.5, 0.6) is 0 Å². The Hall–Kier alpha value is -2.38. The fourth-order valence-electron chi connectivity index (χ4n) is 3.51. The van der Waals surface area contributed by atoms with Gasteiger partial charge in [-0.05, 0) is 56.2 Å². The van der Waals surface area contributed by atoms with Crippen molar-refractivity contribution in [3.05, 3.63) is 59.7 Å². The van der Waals surface area contributed by atoms with E-state index in [4.69, 9.17) is 0 Å². The normalized spacial score (nSPS) is 19.8. The molecule has 28 heavy (non-hydrogen) atoms. The number of nitrogens with zero attached hydrogens (tertiary/aromatic N) is 1. The number of likely N-dealkylation sites (N-methyl/N-ethyl adjacent to an activating group) is 1. The van der Waals surface area contributed by atoms with E-state index in [0.29, 0.717) is 17.7 Å². The summed E-state index contributed by atoms with van der Waals surface area (Å²) in [5.74, 6) is -0.182. The van der Waals surface area contributed by atoms with E-state index in [1.54, 1.807) is 60.5 Å². The first kappa shape index (κ1) is 20.4. The van der Waals surface area contributed by atoms with E-state index in [1.165, 1.54) is 0 Å². The van der Waals surface area contributed by atoms with Gasteiger partial charge in [0, 0.05) is 18.3 Å². The van der Waals surface area contributed by atoms with Crippen molar-refractivity contribution in [1.29, 1.82) is 0 Å². The van der Waals surface area contributed by atoms with Gasteiger partial charge in [-0.15, -0.1) is 0 Å². The smallest absolute Gasteiger partial charge is 0.261 e. The van der Waals surface area contributed by atoms with Crippen LogP contribution in [0.25, 0.3) is 0 Å². The zero-order valence-electron chi connectivity index (χ0n) is 16.1. The van der Waals surface area contributed by atoms with Crippen LogP contribution >= 0.6 is 0 Å². The maximum absolute atomic E-state index is 12.7. The molecule has 1 fully saturated rings. The minimum Gasteiger partial charge on any atom is -0.391 e. The van der Waals surface area contributed by atoms with Crippen molar-refractivity contribution in [2.24, 2.45) is 0 Å². The van der Waals surface area contributed by atoms with Crippen molar-refractivity contribution in [2.75, 3.05) is 11.8 Å². The third-order valence-electron chi connectivity index (χ3n) is 5.23. The van der Waals surface area contributed by atoms with Crippen LogP contribution < -0.4 is 4.72 Å². The fourth-order valence-corrected chi connectivity index (χ4v) is 4.57. The zero-order chi connectivity index (χ0) is 20.3. The topological polar surface area (TPSA) is 86.7 Å². The maximum Gasteiger partial charge on any atom is 0.261 e. The number of rotatable bonds is 5. The number of hydrogen-bond donors (Lipinski definition) is 2. The van der Waals surface area contributed by atoms with Gasteiger partial charge in [0.25, 0.3) is 15.9 Å². The van der Waals surface area contributed by atoms with E-state index in [9.17, 15) is 18.3 Å². The average Bonchev–Trinajstić information content (AvgIpc) is 2.68. The molecule has 2 aromatic rings. The number of nitrogens with one attached hydrogen (secondary N) is 1. The highest BCUT2D eigenvalue weighted by atomic mass is 32.2. The van der Waals surface area contributed by atoms with E-state index in [0.717, 1.165) is 24.8 Å². The largest absolute Gasteiger partial charge is 0.391 e. The maximum atomic E-state index is 12.7. The minimum absolute atomic E-state index is 0.180. The lowest BCUT2D eigenvalue weighted by Crippen LogP contribution is -2.46. The van der Waals surface area contributed by atoms with Gasteiger partial charge in [-0.3, -0.25) is 9.52 Å².